The highest BCUT2D eigenvalue weighted by Gasteiger charge is 2.42. The highest BCUT2D eigenvalue weighted by atomic mass is 32.2. The maximum Gasteiger partial charge on any atom is 0.327 e. The highest BCUT2D eigenvalue weighted by molar-refractivity contribution is 8.00. The Labute approximate surface area is 115 Å². The molecule has 0 aromatic heterocycles. The van der Waals surface area contributed by atoms with Crippen molar-refractivity contribution in [2.45, 2.75) is 31.2 Å². The van der Waals surface area contributed by atoms with E-state index in [4.69, 9.17) is 9.47 Å². The number of thioether (sulfide) groups is 1. The Morgan fingerprint density at radius 2 is 2.32 bits per heavy atom. The van der Waals surface area contributed by atoms with E-state index in [1.807, 2.05) is 6.92 Å². The van der Waals surface area contributed by atoms with Crippen LogP contribution in [0.2, 0.25) is 0 Å². The monoisotopic (exact) mass is 287 g/mol. The first kappa shape index (κ1) is 14.0. The average Bonchev–Trinajstić information content (AvgIpc) is 2.83. The van der Waals surface area contributed by atoms with Crippen molar-refractivity contribution in [1.29, 1.82) is 0 Å². The third-order valence-corrected chi connectivity index (χ3v) is 4.36. The number of hydrogen-bond donors (Lipinski definition) is 1. The molecule has 0 aromatic carbocycles. The Bertz CT molecular complexity index is 398. The van der Waals surface area contributed by atoms with Gasteiger partial charge in [-0.15, -0.1) is 11.8 Å². The lowest BCUT2D eigenvalue weighted by molar-refractivity contribution is -0.149. The molecule has 2 heterocycles. The molecule has 1 fully saturated rings. The van der Waals surface area contributed by atoms with Crippen molar-refractivity contribution in [2.75, 3.05) is 19.0 Å². The van der Waals surface area contributed by atoms with Crippen molar-refractivity contribution < 1.29 is 24.2 Å². The van der Waals surface area contributed by atoms with E-state index in [1.54, 1.807) is 0 Å². The summed E-state index contributed by atoms with van der Waals surface area (Å²) in [5.74, 6) is -0.853. The maximum atomic E-state index is 12.4. The predicted molar refractivity (Wildman–Crippen MR) is 69.4 cm³/mol. The molecule has 1 saturated heterocycles. The summed E-state index contributed by atoms with van der Waals surface area (Å²) in [6.07, 6.45) is 2.94. The van der Waals surface area contributed by atoms with Crippen LogP contribution in [0.25, 0.3) is 0 Å². The Balaban J connectivity index is 2.17. The molecule has 2 rings (SSSR count). The summed E-state index contributed by atoms with van der Waals surface area (Å²) in [6, 6.07) is -0.791. The van der Waals surface area contributed by atoms with Gasteiger partial charge < -0.3 is 19.5 Å². The van der Waals surface area contributed by atoms with E-state index in [1.165, 1.54) is 22.9 Å². The number of ether oxygens (including phenoxy) is 2. The van der Waals surface area contributed by atoms with E-state index < -0.39 is 17.9 Å². The Morgan fingerprint density at radius 3 is 2.89 bits per heavy atom. The molecule has 1 amide bonds. The predicted octanol–water partition coefficient (Wildman–Crippen LogP) is 1.03. The van der Waals surface area contributed by atoms with Crippen molar-refractivity contribution >= 4 is 23.6 Å². The van der Waals surface area contributed by atoms with Gasteiger partial charge in [0.15, 0.2) is 0 Å². The summed E-state index contributed by atoms with van der Waals surface area (Å²) < 4.78 is 10.3. The Morgan fingerprint density at radius 1 is 1.53 bits per heavy atom. The molecule has 2 atom stereocenters. The lowest BCUT2D eigenvalue weighted by Gasteiger charge is -2.28. The fraction of sp³-hybridized carbons (Fsp3) is 0.667. The molecule has 2 aliphatic rings. The maximum absolute atomic E-state index is 12.4. The van der Waals surface area contributed by atoms with Gasteiger partial charge in [-0.25, -0.2) is 4.79 Å². The number of hydrogen-bond acceptors (Lipinski definition) is 5. The van der Waals surface area contributed by atoms with Crippen LogP contribution in [0.15, 0.2) is 12.0 Å². The lowest BCUT2D eigenvalue weighted by atomic mass is 10.2. The van der Waals surface area contributed by atoms with Crippen molar-refractivity contribution in [3.8, 4) is 0 Å². The van der Waals surface area contributed by atoms with Crippen molar-refractivity contribution in [1.82, 2.24) is 4.90 Å². The summed E-state index contributed by atoms with van der Waals surface area (Å²) in [4.78, 5) is 25.0. The highest BCUT2D eigenvalue weighted by Crippen LogP contribution is 2.33. The quantitative estimate of drug-likeness (QED) is 0.832. The summed E-state index contributed by atoms with van der Waals surface area (Å²) in [7, 11) is 0. The van der Waals surface area contributed by atoms with Crippen LogP contribution in [0.5, 0.6) is 0 Å². The van der Waals surface area contributed by atoms with Crippen molar-refractivity contribution in [3.63, 3.8) is 0 Å². The van der Waals surface area contributed by atoms with Gasteiger partial charge in [0.25, 0.3) is 5.91 Å². The molecular weight excluding hydrogens is 270 g/mol. The molecule has 0 aliphatic carbocycles. The van der Waals surface area contributed by atoms with Crippen LogP contribution in [-0.2, 0) is 19.1 Å². The van der Waals surface area contributed by atoms with Gasteiger partial charge in [0, 0.05) is 5.75 Å². The minimum Gasteiger partial charge on any atom is -0.494 e. The third kappa shape index (κ3) is 2.97. The smallest absolute Gasteiger partial charge is 0.327 e. The van der Waals surface area contributed by atoms with Crippen LogP contribution in [0.1, 0.15) is 19.8 Å². The number of amides is 1. The van der Waals surface area contributed by atoms with Crippen LogP contribution < -0.4 is 0 Å². The van der Waals surface area contributed by atoms with E-state index >= 15 is 0 Å². The number of rotatable bonds is 4. The van der Waals surface area contributed by atoms with Gasteiger partial charge in [0.1, 0.15) is 25.5 Å². The third-order valence-electron chi connectivity index (χ3n) is 3.01. The zero-order valence-corrected chi connectivity index (χ0v) is 11.5. The zero-order chi connectivity index (χ0) is 13.8. The van der Waals surface area contributed by atoms with Crippen LogP contribution in [-0.4, -0.2) is 52.3 Å². The minimum absolute atomic E-state index is 0.0982. The van der Waals surface area contributed by atoms with E-state index in [0.717, 1.165) is 12.8 Å². The number of carboxylic acid groups (broad SMARTS) is 1. The summed E-state index contributed by atoms with van der Waals surface area (Å²) >= 11 is 1.50. The molecule has 1 N–H and O–H groups in total. The van der Waals surface area contributed by atoms with Crippen molar-refractivity contribution in [3.05, 3.63) is 12.0 Å². The fourth-order valence-electron chi connectivity index (χ4n) is 2.10. The summed E-state index contributed by atoms with van der Waals surface area (Å²) in [5.41, 5.74) is 0. The molecule has 0 aromatic rings. The van der Waals surface area contributed by atoms with E-state index in [-0.39, 0.29) is 11.1 Å². The van der Waals surface area contributed by atoms with Gasteiger partial charge in [-0.3, -0.25) is 4.79 Å². The first-order valence-electron chi connectivity index (χ1n) is 6.26. The second kappa shape index (κ2) is 6.18. The first-order valence-corrected chi connectivity index (χ1v) is 7.31. The van der Waals surface area contributed by atoms with Crippen molar-refractivity contribution in [2.24, 2.45) is 0 Å². The molecule has 106 valence electrons. The molecule has 7 heteroatoms. The number of nitrogens with zero attached hydrogens (tertiary/aromatic N) is 1. The molecule has 0 radical (unpaired) electrons. The van der Waals surface area contributed by atoms with Crippen LogP contribution in [0.3, 0.4) is 0 Å². The largest absolute Gasteiger partial charge is 0.494 e. The van der Waals surface area contributed by atoms with E-state index in [9.17, 15) is 14.7 Å². The summed E-state index contributed by atoms with van der Waals surface area (Å²) in [5, 5.41) is 9.11. The molecular formula is C12H17NO5S. The second-order valence-corrected chi connectivity index (χ2v) is 5.56. The SMILES string of the molecule is CCCC1SCC(C(=O)O)N1C(=O)C1=COCCO1. The van der Waals surface area contributed by atoms with Gasteiger partial charge in [0.05, 0.1) is 5.37 Å². The number of carboxylic acids is 1. The first-order chi connectivity index (χ1) is 9.15. The topological polar surface area (TPSA) is 76.1 Å². The van der Waals surface area contributed by atoms with E-state index in [0.29, 0.717) is 19.0 Å². The van der Waals surface area contributed by atoms with Gasteiger partial charge in [-0.1, -0.05) is 13.3 Å². The molecule has 0 spiro atoms. The molecule has 0 bridgehead atoms. The van der Waals surface area contributed by atoms with Crippen LogP contribution in [0.4, 0.5) is 0 Å². The molecule has 2 unspecified atom stereocenters. The minimum atomic E-state index is -0.975. The molecule has 6 nitrogen and oxygen atoms in total. The lowest BCUT2D eigenvalue weighted by Crippen LogP contribution is -2.46. The van der Waals surface area contributed by atoms with Crippen LogP contribution in [0, 0.1) is 0 Å². The van der Waals surface area contributed by atoms with Gasteiger partial charge >= 0.3 is 5.97 Å². The normalized spacial score (nSPS) is 26.4. The standard InChI is InChI=1S/C12H17NO5S/c1-2-3-10-13(8(7-19-10)12(15)16)11(14)9-6-17-4-5-18-9/h6,8,10H,2-5,7H2,1H3,(H,15,16). The Hall–Kier alpha value is -1.37. The van der Waals surface area contributed by atoms with Gasteiger partial charge in [-0.2, -0.15) is 0 Å². The summed E-state index contributed by atoms with van der Waals surface area (Å²) in [6.45, 7) is 2.73. The zero-order valence-electron chi connectivity index (χ0n) is 10.7. The van der Waals surface area contributed by atoms with Crippen LogP contribution >= 0.6 is 11.8 Å². The van der Waals surface area contributed by atoms with Gasteiger partial charge in [0.2, 0.25) is 5.76 Å². The molecule has 19 heavy (non-hydrogen) atoms. The number of carbonyl (C=O) groups is 2. The van der Waals surface area contributed by atoms with E-state index in [2.05, 4.69) is 0 Å². The second-order valence-electron chi connectivity index (χ2n) is 4.34. The number of carbonyl (C=O) groups excluding carboxylic acids is 1. The average molecular weight is 287 g/mol. The fourth-order valence-corrected chi connectivity index (χ4v) is 3.62. The molecule has 2 aliphatic heterocycles. The Kier molecular flexibility index (Phi) is 4.57. The molecule has 0 saturated carbocycles. The van der Waals surface area contributed by atoms with Gasteiger partial charge in [-0.05, 0) is 6.42 Å². The number of aliphatic carboxylic acids is 1.